The average Bonchev–Trinajstić information content (AvgIpc) is 3.28. The Morgan fingerprint density at radius 1 is 1.25 bits per heavy atom. The Morgan fingerprint density at radius 2 is 2.00 bits per heavy atom. The molecule has 1 aromatic carbocycles. The quantitative estimate of drug-likeness (QED) is 0.895. The van der Waals surface area contributed by atoms with Gasteiger partial charge in [-0.15, -0.1) is 0 Å². The normalized spacial score (nSPS) is 20.8. The zero-order chi connectivity index (χ0) is 17.0. The van der Waals surface area contributed by atoms with E-state index in [1.54, 1.807) is 15.5 Å². The third-order valence-electron chi connectivity index (χ3n) is 4.78. The number of nitrogens with zero attached hydrogens (tertiary/aromatic N) is 2. The van der Waals surface area contributed by atoms with E-state index in [-0.39, 0.29) is 17.0 Å². The van der Waals surface area contributed by atoms with E-state index in [1.165, 1.54) is 6.20 Å². The number of aliphatic hydroxyl groups excluding tert-OH is 1. The van der Waals surface area contributed by atoms with Crippen molar-refractivity contribution in [1.29, 1.82) is 0 Å². The maximum absolute atomic E-state index is 14.5. The molecule has 1 aliphatic heterocycles. The molecule has 0 spiro atoms. The van der Waals surface area contributed by atoms with E-state index >= 15 is 0 Å². The van der Waals surface area contributed by atoms with Gasteiger partial charge >= 0.3 is 5.97 Å². The van der Waals surface area contributed by atoms with Crippen LogP contribution in [0.5, 0.6) is 0 Å². The zero-order valence-corrected chi connectivity index (χ0v) is 12.9. The number of carboxylic acid groups (broad SMARTS) is 1. The Bertz CT molecular complexity index is 904. The number of aliphatic hydroxyl groups is 1. The number of carboxylic acids is 1. The van der Waals surface area contributed by atoms with Gasteiger partial charge in [0.05, 0.1) is 17.3 Å². The van der Waals surface area contributed by atoms with Crippen molar-refractivity contribution in [2.24, 2.45) is 0 Å². The fraction of sp³-hybridized carbons (Fsp3) is 0.412. The van der Waals surface area contributed by atoms with Gasteiger partial charge in [-0.3, -0.25) is 4.79 Å². The number of aromatic carboxylic acids is 1. The lowest BCUT2D eigenvalue weighted by Crippen LogP contribution is -2.23. The van der Waals surface area contributed by atoms with Crippen LogP contribution in [-0.2, 0) is 0 Å². The summed E-state index contributed by atoms with van der Waals surface area (Å²) < 4.78 is 16.3. The second-order valence-electron chi connectivity index (χ2n) is 6.52. The highest BCUT2D eigenvalue weighted by atomic mass is 19.1. The number of halogens is 1. The maximum atomic E-state index is 14.5. The van der Waals surface area contributed by atoms with Crippen molar-refractivity contribution in [3.63, 3.8) is 0 Å². The molecule has 24 heavy (non-hydrogen) atoms. The summed E-state index contributed by atoms with van der Waals surface area (Å²) in [5.41, 5.74) is -0.110. The van der Waals surface area contributed by atoms with Gasteiger partial charge in [0.25, 0.3) is 0 Å². The molecule has 2 aromatic rings. The van der Waals surface area contributed by atoms with Gasteiger partial charge in [-0.2, -0.15) is 0 Å². The van der Waals surface area contributed by atoms with Crippen molar-refractivity contribution in [3.05, 3.63) is 39.9 Å². The molecule has 1 aromatic heterocycles. The fourth-order valence-electron chi connectivity index (χ4n) is 3.37. The van der Waals surface area contributed by atoms with Crippen molar-refractivity contribution in [3.8, 4) is 0 Å². The Hall–Kier alpha value is -2.41. The molecule has 2 aliphatic rings. The second-order valence-corrected chi connectivity index (χ2v) is 6.52. The minimum absolute atomic E-state index is 0.0859. The monoisotopic (exact) mass is 332 g/mol. The standard InChI is InChI=1S/C17H17FN2O4/c18-13-5-11-14(6-15(13)19-4-3-10(21)7-19)20(9-1-2-9)8-12(16(11)22)17(23)24/h5-6,8-10,21H,1-4,7H2,(H,23,24). The molecular weight excluding hydrogens is 315 g/mol. The number of rotatable bonds is 3. The summed E-state index contributed by atoms with van der Waals surface area (Å²) in [6.07, 6.45) is 3.27. The van der Waals surface area contributed by atoms with Crippen molar-refractivity contribution in [2.45, 2.75) is 31.4 Å². The Morgan fingerprint density at radius 3 is 2.58 bits per heavy atom. The molecule has 7 heteroatoms. The molecule has 4 rings (SSSR count). The smallest absolute Gasteiger partial charge is 0.341 e. The van der Waals surface area contributed by atoms with E-state index in [2.05, 4.69) is 0 Å². The van der Waals surface area contributed by atoms with Crippen molar-refractivity contribution < 1.29 is 19.4 Å². The largest absolute Gasteiger partial charge is 0.477 e. The van der Waals surface area contributed by atoms with E-state index < -0.39 is 23.3 Å². The maximum Gasteiger partial charge on any atom is 0.341 e. The summed E-state index contributed by atoms with van der Waals surface area (Å²) in [6, 6.07) is 2.88. The summed E-state index contributed by atoms with van der Waals surface area (Å²) in [6.45, 7) is 0.897. The van der Waals surface area contributed by atoms with Gasteiger partial charge in [-0.1, -0.05) is 0 Å². The molecule has 2 N–H and O–H groups in total. The fourth-order valence-corrected chi connectivity index (χ4v) is 3.37. The van der Waals surface area contributed by atoms with Gasteiger partial charge in [-0.25, -0.2) is 9.18 Å². The van der Waals surface area contributed by atoms with Crippen LogP contribution >= 0.6 is 0 Å². The SMILES string of the molecule is O=C(O)c1cn(C2CC2)c2cc(N3CCC(O)C3)c(F)cc2c1=O. The number of β-amino-alcohol motifs (C(OH)–C–C–N with tert-alkyl or cyclic N) is 1. The van der Waals surface area contributed by atoms with E-state index in [1.807, 2.05) is 0 Å². The van der Waals surface area contributed by atoms with Crippen LogP contribution in [0.3, 0.4) is 0 Å². The van der Waals surface area contributed by atoms with E-state index in [0.29, 0.717) is 30.7 Å². The molecule has 2 fully saturated rings. The number of aromatic nitrogens is 1. The first-order valence-electron chi connectivity index (χ1n) is 8.00. The molecule has 6 nitrogen and oxygen atoms in total. The van der Waals surface area contributed by atoms with Crippen LogP contribution in [0.2, 0.25) is 0 Å². The van der Waals surface area contributed by atoms with Crippen molar-refractivity contribution in [2.75, 3.05) is 18.0 Å². The molecule has 1 saturated heterocycles. The Balaban J connectivity index is 1.95. The number of hydrogen-bond acceptors (Lipinski definition) is 4. The lowest BCUT2D eigenvalue weighted by molar-refractivity contribution is 0.0695. The van der Waals surface area contributed by atoms with Gasteiger partial charge in [0.15, 0.2) is 0 Å². The van der Waals surface area contributed by atoms with Gasteiger partial charge in [-0.05, 0) is 31.4 Å². The van der Waals surface area contributed by atoms with E-state index in [9.17, 15) is 24.2 Å². The average molecular weight is 332 g/mol. The minimum Gasteiger partial charge on any atom is -0.477 e. The lowest BCUT2D eigenvalue weighted by atomic mass is 10.1. The van der Waals surface area contributed by atoms with Crippen LogP contribution in [0, 0.1) is 5.82 Å². The number of benzene rings is 1. The molecule has 1 atom stereocenters. The highest BCUT2D eigenvalue weighted by molar-refractivity contribution is 5.93. The van der Waals surface area contributed by atoms with E-state index in [4.69, 9.17) is 0 Å². The predicted octanol–water partition coefficient (Wildman–Crippen LogP) is 1.74. The summed E-state index contributed by atoms with van der Waals surface area (Å²) in [7, 11) is 0. The zero-order valence-electron chi connectivity index (χ0n) is 12.9. The molecule has 0 bridgehead atoms. The molecule has 0 radical (unpaired) electrons. The van der Waals surface area contributed by atoms with E-state index in [0.717, 1.165) is 18.9 Å². The van der Waals surface area contributed by atoms with Crippen molar-refractivity contribution >= 4 is 22.6 Å². The summed E-state index contributed by atoms with van der Waals surface area (Å²) in [5, 5.41) is 19.0. The Labute approximate surface area is 136 Å². The molecule has 1 aliphatic carbocycles. The van der Waals surface area contributed by atoms with Crippen LogP contribution in [0.1, 0.15) is 35.7 Å². The number of pyridine rings is 1. The first kappa shape index (κ1) is 15.1. The third kappa shape index (κ3) is 2.36. The summed E-state index contributed by atoms with van der Waals surface area (Å²) in [5.74, 6) is -1.87. The topological polar surface area (TPSA) is 82.8 Å². The first-order chi connectivity index (χ1) is 11.5. The number of hydrogen-bond donors (Lipinski definition) is 2. The summed E-state index contributed by atoms with van der Waals surface area (Å²) >= 11 is 0. The molecule has 1 saturated carbocycles. The number of fused-ring (bicyclic) bond motifs is 1. The van der Waals surface area contributed by atoms with Crippen molar-refractivity contribution in [1.82, 2.24) is 4.57 Å². The highest BCUT2D eigenvalue weighted by Gasteiger charge is 2.29. The number of anilines is 1. The highest BCUT2D eigenvalue weighted by Crippen LogP contribution is 2.38. The molecular formula is C17H17FN2O4. The lowest BCUT2D eigenvalue weighted by Gasteiger charge is -2.20. The third-order valence-corrected chi connectivity index (χ3v) is 4.78. The van der Waals surface area contributed by atoms with Gasteiger partial charge < -0.3 is 19.7 Å². The molecule has 1 unspecified atom stereocenters. The van der Waals surface area contributed by atoms with Gasteiger partial charge in [0.2, 0.25) is 5.43 Å². The predicted molar refractivity (Wildman–Crippen MR) is 86.2 cm³/mol. The second kappa shape index (κ2) is 5.31. The number of carbonyl (C=O) groups is 1. The van der Waals surface area contributed by atoms with Crippen LogP contribution in [0.15, 0.2) is 23.1 Å². The Kier molecular flexibility index (Phi) is 3.35. The van der Waals surface area contributed by atoms with Crippen LogP contribution in [0.25, 0.3) is 10.9 Å². The first-order valence-corrected chi connectivity index (χ1v) is 8.00. The van der Waals surface area contributed by atoms with Crippen LogP contribution < -0.4 is 10.3 Å². The van der Waals surface area contributed by atoms with Gasteiger partial charge in [0.1, 0.15) is 11.4 Å². The van der Waals surface area contributed by atoms with Crippen LogP contribution in [0.4, 0.5) is 10.1 Å². The molecule has 2 heterocycles. The van der Waals surface area contributed by atoms with Gasteiger partial charge in [0, 0.05) is 30.7 Å². The van der Waals surface area contributed by atoms with Crippen LogP contribution in [-0.4, -0.2) is 39.9 Å². The molecule has 0 amide bonds. The minimum atomic E-state index is -1.30. The molecule has 126 valence electrons. The summed E-state index contributed by atoms with van der Waals surface area (Å²) in [4.78, 5) is 25.5.